The number of anilines is 6. The lowest BCUT2D eigenvalue weighted by Crippen LogP contribution is -2.61. The van der Waals surface area contributed by atoms with Gasteiger partial charge in [-0.25, -0.2) is 0 Å². The lowest BCUT2D eigenvalue weighted by atomic mass is 9.33. The van der Waals surface area contributed by atoms with Crippen LogP contribution in [0.1, 0.15) is 31.9 Å². The highest BCUT2D eigenvalue weighted by molar-refractivity contribution is 7.26. The van der Waals surface area contributed by atoms with E-state index in [1.54, 1.807) is 0 Å². The van der Waals surface area contributed by atoms with E-state index in [9.17, 15) is 0 Å². The molecule has 3 aliphatic heterocycles. The van der Waals surface area contributed by atoms with Crippen LogP contribution >= 0.6 is 22.7 Å². The summed E-state index contributed by atoms with van der Waals surface area (Å²) in [6.07, 6.45) is 0. The van der Waals surface area contributed by atoms with Crippen molar-refractivity contribution in [3.05, 3.63) is 211 Å². The van der Waals surface area contributed by atoms with Crippen molar-refractivity contribution < 1.29 is 9.47 Å². The molecule has 0 spiro atoms. The lowest BCUT2D eigenvalue weighted by Gasteiger charge is -2.45. The number of hydrogen-bond acceptors (Lipinski definition) is 6. The third kappa shape index (κ3) is 6.80. The van der Waals surface area contributed by atoms with Crippen LogP contribution < -0.4 is 35.7 Å². The van der Waals surface area contributed by atoms with Crippen LogP contribution in [0.25, 0.3) is 73.7 Å². The minimum absolute atomic E-state index is 0.0712. The summed E-state index contributed by atoms with van der Waals surface area (Å²) in [4.78, 5) is 5.06. The zero-order valence-corrected chi connectivity index (χ0v) is 43.2. The molecule has 0 amide bonds. The molecule has 0 fully saturated rings. The van der Waals surface area contributed by atoms with Crippen LogP contribution in [0, 0.1) is 6.92 Å². The van der Waals surface area contributed by atoms with Gasteiger partial charge in [0, 0.05) is 80.4 Å². The molecule has 10 aromatic carbocycles. The highest BCUT2D eigenvalue weighted by Crippen LogP contribution is 2.51. The molecule has 0 atom stereocenters. The van der Waals surface area contributed by atoms with Crippen molar-refractivity contribution in [1.82, 2.24) is 0 Å². The van der Waals surface area contributed by atoms with Gasteiger partial charge in [-0.1, -0.05) is 148 Å². The second-order valence-electron chi connectivity index (χ2n) is 21.2. The summed E-state index contributed by atoms with van der Waals surface area (Å²) in [5.41, 5.74) is 20.2. The Morgan fingerprint density at radius 3 is 1.62 bits per heavy atom. The van der Waals surface area contributed by atoms with Crippen molar-refractivity contribution >= 4 is 120 Å². The number of rotatable bonds is 5. The maximum atomic E-state index is 6.42. The summed E-state index contributed by atoms with van der Waals surface area (Å²) < 4.78 is 18.0. The summed E-state index contributed by atoms with van der Waals surface area (Å²) in [7, 11) is 0. The Morgan fingerprint density at radius 1 is 0.419 bits per heavy atom. The fraction of sp³-hybridized carbons (Fsp3) is 0.104. The van der Waals surface area contributed by atoms with Crippen molar-refractivity contribution in [3.8, 4) is 44.9 Å². The number of aryl methyl sites for hydroxylation is 1. The molecule has 354 valence electrons. The van der Waals surface area contributed by atoms with Gasteiger partial charge in [0.25, 0.3) is 6.71 Å². The van der Waals surface area contributed by atoms with Gasteiger partial charge in [0.05, 0.1) is 5.69 Å². The molecule has 2 aromatic heterocycles. The average Bonchev–Trinajstić information content (AvgIpc) is 4.10. The van der Waals surface area contributed by atoms with E-state index < -0.39 is 0 Å². The van der Waals surface area contributed by atoms with E-state index in [1.807, 2.05) is 22.7 Å². The van der Waals surface area contributed by atoms with Crippen molar-refractivity contribution in [1.29, 1.82) is 0 Å². The molecule has 0 radical (unpaired) electrons. The molecule has 3 aliphatic rings. The summed E-state index contributed by atoms with van der Waals surface area (Å²) in [5.74, 6) is 1.54. The Kier molecular flexibility index (Phi) is 9.67. The summed E-state index contributed by atoms with van der Waals surface area (Å²) >= 11 is 3.75. The minimum Gasteiger partial charge on any atom is -0.486 e. The summed E-state index contributed by atoms with van der Waals surface area (Å²) in [6.45, 7) is 10.2. The van der Waals surface area contributed by atoms with E-state index in [2.05, 4.69) is 238 Å². The highest BCUT2D eigenvalue weighted by atomic mass is 32.1. The van der Waals surface area contributed by atoms with E-state index >= 15 is 0 Å². The molecule has 0 unspecified atom stereocenters. The van der Waals surface area contributed by atoms with Crippen molar-refractivity contribution in [3.63, 3.8) is 0 Å². The molecule has 5 heterocycles. The predicted molar refractivity (Wildman–Crippen MR) is 317 cm³/mol. The van der Waals surface area contributed by atoms with Crippen LogP contribution in [0.3, 0.4) is 0 Å². The molecular formula is C67H49BN2O2S2. The van der Waals surface area contributed by atoms with E-state index in [0.717, 1.165) is 45.4 Å². The van der Waals surface area contributed by atoms with Gasteiger partial charge >= 0.3 is 0 Å². The first-order chi connectivity index (χ1) is 36.2. The van der Waals surface area contributed by atoms with E-state index in [4.69, 9.17) is 9.47 Å². The smallest absolute Gasteiger partial charge is 0.252 e. The quantitative estimate of drug-likeness (QED) is 0.160. The van der Waals surface area contributed by atoms with Gasteiger partial charge in [0.15, 0.2) is 11.5 Å². The topological polar surface area (TPSA) is 24.9 Å². The number of thiophene rings is 2. The molecular weight excluding hydrogens is 940 g/mol. The van der Waals surface area contributed by atoms with Gasteiger partial charge in [-0.2, -0.15) is 0 Å². The summed E-state index contributed by atoms with van der Waals surface area (Å²) in [5, 5.41) is 5.26. The van der Waals surface area contributed by atoms with Crippen LogP contribution in [0.15, 0.2) is 200 Å². The molecule has 4 nitrogen and oxygen atoms in total. The first-order valence-corrected chi connectivity index (χ1v) is 27.3. The van der Waals surface area contributed by atoms with Crippen LogP contribution in [0.2, 0.25) is 0 Å². The first-order valence-electron chi connectivity index (χ1n) is 25.7. The number of hydrogen-bond donors (Lipinski definition) is 0. The zero-order valence-electron chi connectivity index (χ0n) is 41.6. The van der Waals surface area contributed by atoms with Crippen molar-refractivity contribution in [2.45, 2.75) is 33.1 Å². The molecule has 0 saturated carbocycles. The fourth-order valence-electron chi connectivity index (χ4n) is 12.1. The normalized spacial score (nSPS) is 13.7. The van der Waals surface area contributed by atoms with E-state index in [-0.39, 0.29) is 12.1 Å². The lowest BCUT2D eigenvalue weighted by molar-refractivity contribution is 0.172. The first kappa shape index (κ1) is 43.5. The zero-order chi connectivity index (χ0) is 49.4. The Balaban J connectivity index is 0.970. The molecule has 12 aromatic rings. The average molecular weight is 989 g/mol. The minimum atomic E-state index is -0.0866. The van der Waals surface area contributed by atoms with Crippen LogP contribution in [-0.4, -0.2) is 19.9 Å². The monoisotopic (exact) mass is 988 g/mol. The number of fused-ring (bicyclic) bond motifs is 11. The summed E-state index contributed by atoms with van der Waals surface area (Å²) in [6, 6.07) is 75.3. The van der Waals surface area contributed by atoms with E-state index in [1.165, 1.54) is 101 Å². The largest absolute Gasteiger partial charge is 0.486 e. The van der Waals surface area contributed by atoms with Gasteiger partial charge < -0.3 is 19.3 Å². The third-order valence-electron chi connectivity index (χ3n) is 15.6. The Labute approximate surface area is 439 Å². The number of ether oxygens (including phenoxy) is 2. The Morgan fingerprint density at radius 2 is 0.946 bits per heavy atom. The van der Waals surface area contributed by atoms with Crippen LogP contribution in [-0.2, 0) is 5.41 Å². The van der Waals surface area contributed by atoms with Gasteiger partial charge in [0.1, 0.15) is 13.2 Å². The van der Waals surface area contributed by atoms with Crippen LogP contribution in [0.4, 0.5) is 34.1 Å². The highest BCUT2D eigenvalue weighted by Gasteiger charge is 2.44. The van der Waals surface area contributed by atoms with Gasteiger partial charge in [0.2, 0.25) is 0 Å². The standard InChI is InChI=1S/C67H49BN2O2S2/c1-40-32-58-66-59(33-40)70(57-39-61-60(71-30-31-72-61)38-52(57)42-12-6-5-7-13-42)56-29-23-46(67(2,3)4)37-54(56)68(66)53-34-43(45-21-27-51-49-15-9-11-17-63(49)74-65(51)36-45)22-28-55(53)69(58)47-24-18-41(19-25-47)44-20-26-50-48-14-8-10-16-62(48)73-64(50)35-44/h5-29,32-39H,30-31H2,1-4H3. The predicted octanol–water partition coefficient (Wildman–Crippen LogP) is 16.9. The molecule has 7 heteroatoms. The maximum absolute atomic E-state index is 6.42. The van der Waals surface area contributed by atoms with Gasteiger partial charge in [-0.15, -0.1) is 22.7 Å². The molecule has 15 rings (SSSR count). The molecule has 0 aliphatic carbocycles. The maximum Gasteiger partial charge on any atom is 0.252 e. The Hall–Kier alpha value is -8.10. The second-order valence-corrected chi connectivity index (χ2v) is 23.3. The number of nitrogens with zero attached hydrogens (tertiary/aromatic N) is 2. The fourth-order valence-corrected chi connectivity index (χ4v) is 14.3. The van der Waals surface area contributed by atoms with E-state index in [0.29, 0.717) is 13.2 Å². The second kappa shape index (κ2) is 16.5. The third-order valence-corrected chi connectivity index (χ3v) is 17.9. The SMILES string of the molecule is Cc1cc2c3c(c1)N(c1cc4c(cc1-c1ccccc1)OCCO4)c1ccc(C(C)(C)C)cc1B3c1cc(-c3ccc4c(c3)sc3ccccc34)ccc1N2c1ccc(-c2ccc3c(c2)sc2ccccc23)cc1. The van der Waals surface area contributed by atoms with Crippen molar-refractivity contribution in [2.75, 3.05) is 23.0 Å². The molecule has 0 bridgehead atoms. The Bertz CT molecular complexity index is 4280. The molecule has 0 N–H and O–H groups in total. The molecule has 0 saturated heterocycles. The number of benzene rings is 10. The van der Waals surface area contributed by atoms with Crippen molar-refractivity contribution in [2.24, 2.45) is 0 Å². The van der Waals surface area contributed by atoms with Crippen LogP contribution in [0.5, 0.6) is 11.5 Å². The van der Waals surface area contributed by atoms with Gasteiger partial charge in [-0.3, -0.25) is 0 Å². The van der Waals surface area contributed by atoms with Gasteiger partial charge in [-0.05, 0) is 134 Å². The molecule has 74 heavy (non-hydrogen) atoms.